The minimum atomic E-state index is -4.49. The molecule has 0 saturated carbocycles. The SMILES string of the molecule is CCN1c2cc(C(=O)NCc3ccccc3C(F)(F)F)ccc2C(=O)N2CCCCC21. The van der Waals surface area contributed by atoms with Crippen LogP contribution < -0.4 is 10.2 Å². The van der Waals surface area contributed by atoms with Gasteiger partial charge in [0, 0.05) is 25.2 Å². The monoisotopic (exact) mass is 431 g/mol. The van der Waals surface area contributed by atoms with Crippen molar-refractivity contribution in [3.05, 3.63) is 64.7 Å². The van der Waals surface area contributed by atoms with Crippen LogP contribution in [-0.4, -0.2) is 36.0 Å². The lowest BCUT2D eigenvalue weighted by atomic mass is 9.97. The number of fused-ring (bicyclic) bond motifs is 2. The van der Waals surface area contributed by atoms with E-state index in [0.29, 0.717) is 23.4 Å². The Bertz CT molecular complexity index is 1010. The van der Waals surface area contributed by atoms with E-state index >= 15 is 0 Å². The van der Waals surface area contributed by atoms with Gasteiger partial charge >= 0.3 is 6.18 Å². The predicted molar refractivity (Wildman–Crippen MR) is 111 cm³/mol. The third-order valence-electron chi connectivity index (χ3n) is 5.99. The van der Waals surface area contributed by atoms with E-state index in [2.05, 4.69) is 10.2 Å². The van der Waals surface area contributed by atoms with Crippen LogP contribution in [0, 0.1) is 0 Å². The van der Waals surface area contributed by atoms with Crippen LogP contribution in [0.3, 0.4) is 0 Å². The summed E-state index contributed by atoms with van der Waals surface area (Å²) in [4.78, 5) is 29.7. The zero-order valence-electron chi connectivity index (χ0n) is 17.2. The molecule has 5 nitrogen and oxygen atoms in total. The Morgan fingerprint density at radius 2 is 1.94 bits per heavy atom. The van der Waals surface area contributed by atoms with Crippen molar-refractivity contribution in [2.24, 2.45) is 0 Å². The second-order valence-corrected chi connectivity index (χ2v) is 7.83. The molecule has 2 aliphatic rings. The molecule has 0 spiro atoms. The number of amides is 2. The first-order valence-corrected chi connectivity index (χ1v) is 10.5. The van der Waals surface area contributed by atoms with Crippen molar-refractivity contribution >= 4 is 17.5 Å². The molecule has 1 N–H and O–H groups in total. The van der Waals surface area contributed by atoms with Gasteiger partial charge in [-0.1, -0.05) is 18.2 Å². The highest BCUT2D eigenvalue weighted by Crippen LogP contribution is 2.36. The van der Waals surface area contributed by atoms with Crippen LogP contribution >= 0.6 is 0 Å². The summed E-state index contributed by atoms with van der Waals surface area (Å²) in [6.45, 7) is 3.18. The van der Waals surface area contributed by atoms with Crippen LogP contribution in [0.5, 0.6) is 0 Å². The van der Waals surface area contributed by atoms with Gasteiger partial charge in [-0.05, 0) is 56.0 Å². The van der Waals surface area contributed by atoms with E-state index in [1.54, 1.807) is 18.2 Å². The number of anilines is 1. The molecule has 1 saturated heterocycles. The summed E-state index contributed by atoms with van der Waals surface area (Å²) in [5.74, 6) is -0.509. The molecule has 31 heavy (non-hydrogen) atoms. The topological polar surface area (TPSA) is 52.7 Å². The molecule has 4 rings (SSSR count). The molecule has 2 aromatic rings. The minimum absolute atomic E-state index is 0.00419. The first kappa shape index (κ1) is 21.2. The molecule has 0 aliphatic carbocycles. The number of benzene rings is 2. The molecule has 0 bridgehead atoms. The number of piperidine rings is 1. The van der Waals surface area contributed by atoms with Gasteiger partial charge in [-0.2, -0.15) is 13.2 Å². The fourth-order valence-corrected chi connectivity index (χ4v) is 4.49. The van der Waals surface area contributed by atoms with Crippen molar-refractivity contribution in [1.29, 1.82) is 0 Å². The van der Waals surface area contributed by atoms with Crippen molar-refractivity contribution in [2.75, 3.05) is 18.0 Å². The Labute approximate surface area is 178 Å². The van der Waals surface area contributed by atoms with Gasteiger partial charge in [0.25, 0.3) is 11.8 Å². The maximum absolute atomic E-state index is 13.2. The largest absolute Gasteiger partial charge is 0.416 e. The molecule has 1 unspecified atom stereocenters. The van der Waals surface area contributed by atoms with Crippen LogP contribution in [0.1, 0.15) is 58.0 Å². The number of hydrogen-bond acceptors (Lipinski definition) is 3. The summed E-state index contributed by atoms with van der Waals surface area (Å²) in [6, 6.07) is 10.1. The number of halogens is 3. The first-order valence-electron chi connectivity index (χ1n) is 10.5. The van der Waals surface area contributed by atoms with Gasteiger partial charge in [0.15, 0.2) is 0 Å². The molecular weight excluding hydrogens is 407 g/mol. The molecule has 8 heteroatoms. The number of nitrogens with one attached hydrogen (secondary N) is 1. The van der Waals surface area contributed by atoms with Crippen molar-refractivity contribution in [3.63, 3.8) is 0 Å². The van der Waals surface area contributed by atoms with Crippen molar-refractivity contribution in [2.45, 2.75) is 45.1 Å². The third kappa shape index (κ3) is 3.98. The normalized spacial score (nSPS) is 18.5. The molecule has 164 valence electrons. The van der Waals surface area contributed by atoms with Gasteiger partial charge < -0.3 is 15.1 Å². The van der Waals surface area contributed by atoms with Crippen LogP contribution in [-0.2, 0) is 12.7 Å². The Kier molecular flexibility index (Phi) is 5.64. The molecule has 0 aromatic heterocycles. The van der Waals surface area contributed by atoms with E-state index in [-0.39, 0.29) is 24.2 Å². The third-order valence-corrected chi connectivity index (χ3v) is 5.99. The molecule has 0 radical (unpaired) electrons. The lowest BCUT2D eigenvalue weighted by Crippen LogP contribution is -2.57. The van der Waals surface area contributed by atoms with Crippen LogP contribution in [0.2, 0.25) is 0 Å². The molecule has 2 aliphatic heterocycles. The van der Waals surface area contributed by atoms with E-state index < -0.39 is 17.6 Å². The quantitative estimate of drug-likeness (QED) is 0.780. The minimum Gasteiger partial charge on any atom is -0.351 e. The summed E-state index contributed by atoms with van der Waals surface area (Å²) < 4.78 is 39.6. The van der Waals surface area contributed by atoms with Crippen LogP contribution in [0.4, 0.5) is 18.9 Å². The molecule has 2 aromatic carbocycles. The standard InChI is InChI=1S/C23H24F3N3O2/c1-2-28-19-13-15(10-11-17(19)22(31)29-12-6-5-9-20(28)29)21(30)27-14-16-7-3-4-8-18(16)23(24,25)26/h3-4,7-8,10-11,13,20H,2,5-6,9,12,14H2,1H3,(H,27,30). The maximum Gasteiger partial charge on any atom is 0.416 e. The van der Waals surface area contributed by atoms with Crippen LogP contribution in [0.15, 0.2) is 42.5 Å². The maximum atomic E-state index is 13.2. The predicted octanol–water partition coefficient (Wildman–Crippen LogP) is 4.43. The number of alkyl halides is 3. The zero-order valence-corrected chi connectivity index (χ0v) is 17.2. The number of carbonyl (C=O) groups excluding carboxylic acids is 2. The summed E-state index contributed by atoms with van der Waals surface area (Å²) in [6.07, 6.45) is -1.60. The van der Waals surface area contributed by atoms with Crippen LogP contribution in [0.25, 0.3) is 0 Å². The van der Waals surface area contributed by atoms with Crippen molar-refractivity contribution in [1.82, 2.24) is 10.2 Å². The first-order chi connectivity index (χ1) is 14.8. The molecule has 2 amide bonds. The Morgan fingerprint density at radius 3 is 2.68 bits per heavy atom. The van der Waals surface area contributed by atoms with Gasteiger partial charge in [0.2, 0.25) is 0 Å². The van der Waals surface area contributed by atoms with Gasteiger partial charge in [0.05, 0.1) is 16.8 Å². The molecule has 1 fully saturated rings. The Hall–Kier alpha value is -3.03. The molecular formula is C23H24F3N3O2. The number of hydrogen-bond donors (Lipinski definition) is 1. The number of nitrogens with zero attached hydrogens (tertiary/aromatic N) is 2. The van der Waals surface area contributed by atoms with E-state index in [4.69, 9.17) is 0 Å². The van der Waals surface area contributed by atoms with E-state index in [1.807, 2.05) is 11.8 Å². The summed E-state index contributed by atoms with van der Waals surface area (Å²) >= 11 is 0. The van der Waals surface area contributed by atoms with Crippen molar-refractivity contribution < 1.29 is 22.8 Å². The lowest BCUT2D eigenvalue weighted by molar-refractivity contribution is -0.138. The number of rotatable bonds is 4. The fourth-order valence-electron chi connectivity index (χ4n) is 4.49. The second-order valence-electron chi connectivity index (χ2n) is 7.83. The van der Waals surface area contributed by atoms with E-state index in [0.717, 1.165) is 31.9 Å². The van der Waals surface area contributed by atoms with E-state index in [9.17, 15) is 22.8 Å². The summed E-state index contributed by atoms with van der Waals surface area (Å²) in [5, 5.41) is 2.58. The molecule has 2 heterocycles. The highest BCUT2D eigenvalue weighted by molar-refractivity contribution is 6.04. The van der Waals surface area contributed by atoms with Crippen molar-refractivity contribution in [3.8, 4) is 0 Å². The average molecular weight is 431 g/mol. The zero-order chi connectivity index (χ0) is 22.2. The average Bonchev–Trinajstić information content (AvgIpc) is 2.77. The smallest absolute Gasteiger partial charge is 0.351 e. The lowest BCUT2D eigenvalue weighted by Gasteiger charge is -2.47. The number of carbonyl (C=O) groups is 2. The highest BCUT2D eigenvalue weighted by atomic mass is 19.4. The Balaban J connectivity index is 1.57. The highest BCUT2D eigenvalue weighted by Gasteiger charge is 2.38. The summed E-state index contributed by atoms with van der Waals surface area (Å²) in [5.41, 5.74) is 0.821. The fraction of sp³-hybridized carbons (Fsp3) is 0.391. The second kappa shape index (κ2) is 8.24. The van der Waals surface area contributed by atoms with E-state index in [1.165, 1.54) is 18.2 Å². The van der Waals surface area contributed by atoms with Gasteiger partial charge in [-0.3, -0.25) is 9.59 Å². The van der Waals surface area contributed by atoms with Gasteiger partial charge in [0.1, 0.15) is 6.17 Å². The summed E-state index contributed by atoms with van der Waals surface area (Å²) in [7, 11) is 0. The Morgan fingerprint density at radius 1 is 1.16 bits per heavy atom. The molecule has 1 atom stereocenters. The van der Waals surface area contributed by atoms with Gasteiger partial charge in [-0.15, -0.1) is 0 Å². The van der Waals surface area contributed by atoms with Gasteiger partial charge in [-0.25, -0.2) is 0 Å².